The average Bonchev–Trinajstić information content (AvgIpc) is 2.78. The molecule has 6 heteroatoms. The van der Waals surface area contributed by atoms with Crippen molar-refractivity contribution in [3.05, 3.63) is 106 Å². The van der Waals surface area contributed by atoms with Gasteiger partial charge in [-0.05, 0) is 54.1 Å². The van der Waals surface area contributed by atoms with Gasteiger partial charge < -0.3 is 13.9 Å². The number of benzene rings is 3. The normalized spacial score (nSPS) is 10.7. The van der Waals surface area contributed by atoms with E-state index in [0.717, 1.165) is 29.8 Å². The summed E-state index contributed by atoms with van der Waals surface area (Å²) in [7, 11) is 3.79. The zero-order valence-corrected chi connectivity index (χ0v) is 18.9. The molecular formula is C26H26ClNO4. The number of hydrogen-bond donors (Lipinski definition) is 0. The lowest BCUT2D eigenvalue weighted by Crippen LogP contribution is -2.17. The monoisotopic (exact) mass is 451 g/mol. The van der Waals surface area contributed by atoms with Crippen molar-refractivity contribution in [2.24, 2.45) is 0 Å². The summed E-state index contributed by atoms with van der Waals surface area (Å²) in [5.74, 6) is 1.55. The van der Waals surface area contributed by atoms with Crippen LogP contribution in [0.4, 0.5) is 0 Å². The lowest BCUT2D eigenvalue weighted by Gasteiger charge is -2.17. The van der Waals surface area contributed by atoms with E-state index in [1.54, 1.807) is 19.2 Å². The van der Waals surface area contributed by atoms with Crippen LogP contribution in [0.5, 0.6) is 11.5 Å². The summed E-state index contributed by atoms with van der Waals surface area (Å²) in [6.07, 6.45) is 0. The van der Waals surface area contributed by atoms with Crippen molar-refractivity contribution in [2.75, 3.05) is 14.2 Å². The first-order valence-corrected chi connectivity index (χ1v) is 10.1. The quantitative estimate of drug-likeness (QED) is 0.334. The first kappa shape index (κ1) is 23.4. The molecule has 0 atom stereocenters. The maximum absolute atomic E-state index is 11.4. The fourth-order valence-electron chi connectivity index (χ4n) is 3.49. The number of rotatable bonds is 8. The molecule has 0 amide bonds. The van der Waals surface area contributed by atoms with Crippen molar-refractivity contribution in [1.29, 1.82) is 0 Å². The molecule has 1 aromatic heterocycles. The second kappa shape index (κ2) is 10.8. The molecule has 0 aliphatic carbocycles. The zero-order chi connectivity index (χ0) is 21.6. The Morgan fingerprint density at radius 1 is 0.812 bits per heavy atom. The van der Waals surface area contributed by atoms with Crippen LogP contribution >= 0.6 is 12.4 Å². The Morgan fingerprint density at radius 3 is 2.31 bits per heavy atom. The van der Waals surface area contributed by atoms with Gasteiger partial charge in [0.2, 0.25) is 0 Å². The number of halogens is 1. The van der Waals surface area contributed by atoms with E-state index in [1.165, 1.54) is 17.2 Å². The van der Waals surface area contributed by atoms with Gasteiger partial charge in [0.1, 0.15) is 23.7 Å². The Balaban J connectivity index is 0.00000289. The zero-order valence-electron chi connectivity index (χ0n) is 18.1. The van der Waals surface area contributed by atoms with E-state index in [9.17, 15) is 4.79 Å². The molecule has 0 N–H and O–H groups in total. The van der Waals surface area contributed by atoms with Crippen LogP contribution in [0.2, 0.25) is 0 Å². The fraction of sp³-hybridized carbons (Fsp3) is 0.192. The van der Waals surface area contributed by atoms with Crippen LogP contribution in [0.3, 0.4) is 0 Å². The van der Waals surface area contributed by atoms with Crippen molar-refractivity contribution in [3.63, 3.8) is 0 Å². The minimum absolute atomic E-state index is 0. The topological polar surface area (TPSA) is 51.9 Å². The Hall–Kier alpha value is -3.28. The summed E-state index contributed by atoms with van der Waals surface area (Å²) in [5, 5.41) is 0.870. The van der Waals surface area contributed by atoms with E-state index in [2.05, 4.69) is 48.3 Å². The van der Waals surface area contributed by atoms with Gasteiger partial charge in [0.15, 0.2) is 0 Å². The highest BCUT2D eigenvalue weighted by molar-refractivity contribution is 5.85. The van der Waals surface area contributed by atoms with Gasteiger partial charge in [-0.3, -0.25) is 4.90 Å². The minimum atomic E-state index is -0.364. The molecule has 0 aliphatic heterocycles. The number of hydrogen-bond acceptors (Lipinski definition) is 5. The van der Waals surface area contributed by atoms with Gasteiger partial charge in [0.05, 0.1) is 7.11 Å². The van der Waals surface area contributed by atoms with Gasteiger partial charge >= 0.3 is 5.63 Å². The van der Waals surface area contributed by atoms with E-state index in [4.69, 9.17) is 13.9 Å². The van der Waals surface area contributed by atoms with Crippen LogP contribution < -0.4 is 15.1 Å². The Morgan fingerprint density at radius 2 is 1.53 bits per heavy atom. The van der Waals surface area contributed by atoms with Crippen LogP contribution in [0, 0.1) is 0 Å². The van der Waals surface area contributed by atoms with E-state index in [0.29, 0.717) is 17.9 Å². The smallest absolute Gasteiger partial charge is 0.336 e. The average molecular weight is 452 g/mol. The molecule has 0 saturated carbocycles. The predicted octanol–water partition coefficient (Wildman–Crippen LogP) is 5.43. The van der Waals surface area contributed by atoms with Crippen LogP contribution in [-0.4, -0.2) is 19.1 Å². The molecule has 3 aromatic carbocycles. The first-order chi connectivity index (χ1) is 15.1. The van der Waals surface area contributed by atoms with Crippen molar-refractivity contribution in [3.8, 4) is 11.5 Å². The summed E-state index contributed by atoms with van der Waals surface area (Å²) < 4.78 is 16.4. The highest BCUT2D eigenvalue weighted by Crippen LogP contribution is 2.21. The molecule has 4 aromatic rings. The largest absolute Gasteiger partial charge is 0.497 e. The van der Waals surface area contributed by atoms with Crippen molar-refractivity contribution in [1.82, 2.24) is 4.90 Å². The molecule has 0 radical (unpaired) electrons. The second-order valence-electron chi connectivity index (χ2n) is 7.58. The van der Waals surface area contributed by atoms with Crippen molar-refractivity contribution in [2.45, 2.75) is 19.7 Å². The van der Waals surface area contributed by atoms with Gasteiger partial charge in [-0.15, -0.1) is 12.4 Å². The van der Waals surface area contributed by atoms with Gasteiger partial charge in [0, 0.05) is 30.6 Å². The summed E-state index contributed by atoms with van der Waals surface area (Å²) in [5.41, 5.74) is 3.70. The van der Waals surface area contributed by atoms with E-state index < -0.39 is 0 Å². The maximum Gasteiger partial charge on any atom is 0.336 e. The standard InChI is InChI=1S/C26H25NO4.ClH/c1-27(17-21-4-3-5-23(14-21)29-2)16-19-6-8-20(9-7-19)18-30-24-12-10-22-11-13-26(28)31-25(22)15-24;/h3-15H,16-18H2,1-2H3;1H. The van der Waals surface area contributed by atoms with Crippen LogP contribution in [-0.2, 0) is 19.7 Å². The summed E-state index contributed by atoms with van der Waals surface area (Å²) in [4.78, 5) is 13.7. The van der Waals surface area contributed by atoms with Crippen LogP contribution in [0.1, 0.15) is 16.7 Å². The molecule has 0 spiro atoms. The third kappa shape index (κ3) is 6.13. The molecule has 5 nitrogen and oxygen atoms in total. The molecule has 0 fully saturated rings. The summed E-state index contributed by atoms with van der Waals surface area (Å²) >= 11 is 0. The molecule has 166 valence electrons. The fourth-order valence-corrected chi connectivity index (χ4v) is 3.49. The SMILES string of the molecule is COc1cccc(CN(C)Cc2ccc(COc3ccc4ccc(=O)oc4c3)cc2)c1.Cl. The molecule has 0 unspecified atom stereocenters. The Labute approximate surface area is 193 Å². The highest BCUT2D eigenvalue weighted by Gasteiger charge is 2.05. The molecule has 0 bridgehead atoms. The van der Waals surface area contributed by atoms with Crippen LogP contribution in [0.25, 0.3) is 11.0 Å². The lowest BCUT2D eigenvalue weighted by atomic mass is 10.1. The lowest BCUT2D eigenvalue weighted by molar-refractivity contribution is 0.305. The molecule has 4 rings (SSSR count). The van der Waals surface area contributed by atoms with Gasteiger partial charge in [-0.25, -0.2) is 4.79 Å². The maximum atomic E-state index is 11.4. The molecular weight excluding hydrogens is 426 g/mol. The van der Waals surface area contributed by atoms with Gasteiger partial charge in [-0.2, -0.15) is 0 Å². The predicted molar refractivity (Wildman–Crippen MR) is 129 cm³/mol. The number of fused-ring (bicyclic) bond motifs is 1. The highest BCUT2D eigenvalue weighted by atomic mass is 35.5. The Kier molecular flexibility index (Phi) is 7.92. The molecule has 1 heterocycles. The first-order valence-electron chi connectivity index (χ1n) is 10.1. The molecule has 32 heavy (non-hydrogen) atoms. The molecule has 0 aliphatic rings. The second-order valence-corrected chi connectivity index (χ2v) is 7.58. The summed E-state index contributed by atoms with van der Waals surface area (Å²) in [6.45, 7) is 2.14. The van der Waals surface area contributed by atoms with E-state index in [1.807, 2.05) is 24.3 Å². The number of ether oxygens (including phenoxy) is 2. The number of methoxy groups -OCH3 is 1. The Bertz CT molecular complexity index is 1220. The van der Waals surface area contributed by atoms with Gasteiger partial charge in [-0.1, -0.05) is 36.4 Å². The van der Waals surface area contributed by atoms with E-state index in [-0.39, 0.29) is 18.0 Å². The van der Waals surface area contributed by atoms with Crippen molar-refractivity contribution < 1.29 is 13.9 Å². The van der Waals surface area contributed by atoms with E-state index >= 15 is 0 Å². The van der Waals surface area contributed by atoms with Gasteiger partial charge in [0.25, 0.3) is 0 Å². The minimum Gasteiger partial charge on any atom is -0.497 e. The van der Waals surface area contributed by atoms with Crippen molar-refractivity contribution >= 4 is 23.4 Å². The third-order valence-electron chi connectivity index (χ3n) is 5.06. The molecule has 0 saturated heterocycles. The van der Waals surface area contributed by atoms with Crippen LogP contribution in [0.15, 0.2) is 88.1 Å². The third-order valence-corrected chi connectivity index (χ3v) is 5.06. The number of nitrogens with zero attached hydrogens (tertiary/aromatic N) is 1. The summed E-state index contributed by atoms with van der Waals surface area (Å²) in [6, 6.07) is 25.2.